The SMILES string of the molecule is COc1ccccc1CNc1ccc(C)nc1. The summed E-state index contributed by atoms with van der Waals surface area (Å²) in [4.78, 5) is 4.24. The van der Waals surface area contributed by atoms with Crippen molar-refractivity contribution in [3.8, 4) is 5.75 Å². The highest BCUT2D eigenvalue weighted by molar-refractivity contribution is 5.43. The monoisotopic (exact) mass is 228 g/mol. The van der Waals surface area contributed by atoms with Gasteiger partial charge in [0.1, 0.15) is 5.75 Å². The predicted molar refractivity (Wildman–Crippen MR) is 69.3 cm³/mol. The maximum Gasteiger partial charge on any atom is 0.123 e. The average molecular weight is 228 g/mol. The van der Waals surface area contributed by atoms with E-state index in [1.54, 1.807) is 7.11 Å². The molecule has 3 heteroatoms. The number of hydrogen-bond donors (Lipinski definition) is 1. The van der Waals surface area contributed by atoms with Gasteiger partial charge in [-0.05, 0) is 25.1 Å². The van der Waals surface area contributed by atoms with Crippen LogP contribution in [-0.2, 0) is 6.54 Å². The summed E-state index contributed by atoms with van der Waals surface area (Å²) in [6, 6.07) is 12.0. The molecule has 1 aromatic heterocycles. The van der Waals surface area contributed by atoms with Crippen LogP contribution in [0.4, 0.5) is 5.69 Å². The molecule has 0 amide bonds. The molecule has 0 radical (unpaired) electrons. The number of aryl methyl sites for hydroxylation is 1. The zero-order valence-electron chi connectivity index (χ0n) is 10.1. The van der Waals surface area contributed by atoms with Crippen LogP contribution >= 0.6 is 0 Å². The zero-order chi connectivity index (χ0) is 12.1. The quantitative estimate of drug-likeness (QED) is 0.873. The second-order valence-electron chi connectivity index (χ2n) is 3.85. The van der Waals surface area contributed by atoms with E-state index in [4.69, 9.17) is 4.74 Å². The number of para-hydroxylation sites is 1. The Labute approximate surface area is 101 Å². The van der Waals surface area contributed by atoms with Crippen molar-refractivity contribution in [2.45, 2.75) is 13.5 Å². The first-order valence-corrected chi connectivity index (χ1v) is 5.58. The van der Waals surface area contributed by atoms with Gasteiger partial charge in [-0.15, -0.1) is 0 Å². The van der Waals surface area contributed by atoms with Crippen LogP contribution in [0.3, 0.4) is 0 Å². The molecule has 0 saturated carbocycles. The molecule has 0 spiro atoms. The highest BCUT2D eigenvalue weighted by atomic mass is 16.5. The topological polar surface area (TPSA) is 34.1 Å². The number of anilines is 1. The molecule has 1 N–H and O–H groups in total. The minimum absolute atomic E-state index is 0.731. The maximum atomic E-state index is 5.30. The van der Waals surface area contributed by atoms with E-state index in [-0.39, 0.29) is 0 Å². The number of hydrogen-bond acceptors (Lipinski definition) is 3. The van der Waals surface area contributed by atoms with Gasteiger partial charge in [0, 0.05) is 17.8 Å². The van der Waals surface area contributed by atoms with Gasteiger partial charge in [-0.1, -0.05) is 18.2 Å². The maximum absolute atomic E-state index is 5.30. The van der Waals surface area contributed by atoms with Crippen LogP contribution in [0.25, 0.3) is 0 Å². The molecule has 3 nitrogen and oxygen atoms in total. The van der Waals surface area contributed by atoms with Gasteiger partial charge in [-0.25, -0.2) is 0 Å². The van der Waals surface area contributed by atoms with Gasteiger partial charge >= 0.3 is 0 Å². The summed E-state index contributed by atoms with van der Waals surface area (Å²) < 4.78 is 5.30. The molecule has 0 fully saturated rings. The van der Waals surface area contributed by atoms with Crippen LogP contribution in [0.15, 0.2) is 42.6 Å². The summed E-state index contributed by atoms with van der Waals surface area (Å²) in [6.45, 7) is 2.71. The van der Waals surface area contributed by atoms with Gasteiger partial charge in [0.15, 0.2) is 0 Å². The smallest absolute Gasteiger partial charge is 0.123 e. The van der Waals surface area contributed by atoms with Gasteiger partial charge in [-0.3, -0.25) is 4.98 Å². The van der Waals surface area contributed by atoms with E-state index < -0.39 is 0 Å². The van der Waals surface area contributed by atoms with Crippen LogP contribution in [0, 0.1) is 6.92 Å². The normalized spacial score (nSPS) is 10.0. The summed E-state index contributed by atoms with van der Waals surface area (Å²) in [5.41, 5.74) is 3.17. The fraction of sp³-hybridized carbons (Fsp3) is 0.214. The molecule has 0 aliphatic rings. The molecule has 0 atom stereocenters. The Bertz CT molecular complexity index is 480. The Morgan fingerprint density at radius 3 is 2.71 bits per heavy atom. The molecule has 0 bridgehead atoms. The first kappa shape index (κ1) is 11.5. The number of aromatic nitrogens is 1. The van der Waals surface area contributed by atoms with Crippen LogP contribution in [0.1, 0.15) is 11.3 Å². The number of ether oxygens (including phenoxy) is 1. The fourth-order valence-corrected chi connectivity index (χ4v) is 1.62. The van der Waals surface area contributed by atoms with E-state index in [2.05, 4.69) is 10.3 Å². The molecule has 0 aliphatic carbocycles. The Hall–Kier alpha value is -2.03. The molecule has 0 unspecified atom stereocenters. The molecular weight excluding hydrogens is 212 g/mol. The first-order valence-electron chi connectivity index (χ1n) is 5.58. The molecule has 2 aromatic rings. The third-order valence-electron chi connectivity index (χ3n) is 2.59. The molecular formula is C14H16N2O. The summed E-state index contributed by atoms with van der Waals surface area (Å²) in [5.74, 6) is 0.903. The van der Waals surface area contributed by atoms with Gasteiger partial charge in [-0.2, -0.15) is 0 Å². The van der Waals surface area contributed by atoms with Gasteiger partial charge in [0.2, 0.25) is 0 Å². The molecule has 1 heterocycles. The number of nitrogens with one attached hydrogen (secondary N) is 1. The number of nitrogens with zero attached hydrogens (tertiary/aromatic N) is 1. The average Bonchev–Trinajstić information content (AvgIpc) is 2.38. The second-order valence-corrected chi connectivity index (χ2v) is 3.85. The number of pyridine rings is 1. The third kappa shape index (κ3) is 2.97. The predicted octanol–water partition coefficient (Wildman–Crippen LogP) is 3.01. The van der Waals surface area contributed by atoms with Crippen molar-refractivity contribution in [2.75, 3.05) is 12.4 Å². The van der Waals surface area contributed by atoms with Crippen LogP contribution in [0.2, 0.25) is 0 Å². The molecule has 17 heavy (non-hydrogen) atoms. The summed E-state index contributed by atoms with van der Waals surface area (Å²) in [7, 11) is 1.69. The van der Waals surface area contributed by atoms with Crippen molar-refractivity contribution in [1.29, 1.82) is 0 Å². The molecule has 2 rings (SSSR count). The second kappa shape index (κ2) is 5.34. The number of benzene rings is 1. The van der Waals surface area contributed by atoms with Crippen molar-refractivity contribution >= 4 is 5.69 Å². The van der Waals surface area contributed by atoms with E-state index >= 15 is 0 Å². The van der Waals surface area contributed by atoms with Crippen LogP contribution < -0.4 is 10.1 Å². The minimum atomic E-state index is 0.731. The number of methoxy groups -OCH3 is 1. The van der Waals surface area contributed by atoms with Crippen LogP contribution in [0.5, 0.6) is 5.75 Å². The summed E-state index contributed by atoms with van der Waals surface area (Å²) in [5, 5.41) is 3.32. The lowest BCUT2D eigenvalue weighted by atomic mass is 10.2. The van der Waals surface area contributed by atoms with Crippen molar-refractivity contribution in [1.82, 2.24) is 4.98 Å². The van der Waals surface area contributed by atoms with E-state index in [1.165, 1.54) is 0 Å². The van der Waals surface area contributed by atoms with E-state index in [0.717, 1.165) is 29.2 Å². The standard InChI is InChI=1S/C14H16N2O/c1-11-7-8-13(10-15-11)16-9-12-5-3-4-6-14(12)17-2/h3-8,10,16H,9H2,1-2H3. The van der Waals surface area contributed by atoms with Crippen molar-refractivity contribution in [3.63, 3.8) is 0 Å². The van der Waals surface area contributed by atoms with E-state index in [0.29, 0.717) is 0 Å². The van der Waals surface area contributed by atoms with Crippen LogP contribution in [-0.4, -0.2) is 12.1 Å². The first-order chi connectivity index (χ1) is 8.29. The van der Waals surface area contributed by atoms with E-state index in [1.807, 2.05) is 49.5 Å². The summed E-state index contributed by atoms with van der Waals surface area (Å²) in [6.07, 6.45) is 1.84. The Morgan fingerprint density at radius 1 is 1.18 bits per heavy atom. The van der Waals surface area contributed by atoms with E-state index in [9.17, 15) is 0 Å². The largest absolute Gasteiger partial charge is 0.496 e. The molecule has 0 aliphatic heterocycles. The minimum Gasteiger partial charge on any atom is -0.496 e. The Kier molecular flexibility index (Phi) is 3.60. The summed E-state index contributed by atoms with van der Waals surface area (Å²) >= 11 is 0. The Balaban J connectivity index is 2.04. The lowest BCUT2D eigenvalue weighted by Gasteiger charge is -2.10. The van der Waals surface area contributed by atoms with Gasteiger partial charge in [0.05, 0.1) is 19.0 Å². The molecule has 1 aromatic carbocycles. The lowest BCUT2D eigenvalue weighted by Crippen LogP contribution is -2.01. The van der Waals surface area contributed by atoms with Crippen molar-refractivity contribution in [2.24, 2.45) is 0 Å². The molecule has 0 saturated heterocycles. The molecule has 88 valence electrons. The Morgan fingerprint density at radius 2 is 2.00 bits per heavy atom. The number of rotatable bonds is 4. The highest BCUT2D eigenvalue weighted by Gasteiger charge is 2.01. The zero-order valence-corrected chi connectivity index (χ0v) is 10.1. The van der Waals surface area contributed by atoms with Crippen molar-refractivity contribution < 1.29 is 4.74 Å². The lowest BCUT2D eigenvalue weighted by molar-refractivity contribution is 0.410. The fourth-order valence-electron chi connectivity index (χ4n) is 1.62. The third-order valence-corrected chi connectivity index (χ3v) is 2.59. The van der Waals surface area contributed by atoms with Gasteiger partial charge < -0.3 is 10.1 Å². The highest BCUT2D eigenvalue weighted by Crippen LogP contribution is 2.18. The van der Waals surface area contributed by atoms with Crippen molar-refractivity contribution in [3.05, 3.63) is 53.9 Å². The van der Waals surface area contributed by atoms with Gasteiger partial charge in [0.25, 0.3) is 0 Å².